The Bertz CT molecular complexity index is 217. The van der Waals surface area contributed by atoms with E-state index >= 15 is 0 Å². The molecular weight excluding hydrogens is 154 g/mol. The Kier molecular flexibility index (Phi) is 1.74. The lowest BCUT2D eigenvalue weighted by molar-refractivity contribution is 0.240. The summed E-state index contributed by atoms with van der Waals surface area (Å²) in [5.74, 6) is 0. The van der Waals surface area contributed by atoms with Gasteiger partial charge < -0.3 is 0 Å². The molecular formula is C5H11NO3S. The summed E-state index contributed by atoms with van der Waals surface area (Å²) >= 11 is 0. The molecule has 0 radical (unpaired) electrons. The lowest BCUT2D eigenvalue weighted by atomic mass is 9.80. The van der Waals surface area contributed by atoms with Crippen LogP contribution in [0.25, 0.3) is 0 Å². The third-order valence-corrected chi connectivity index (χ3v) is 2.58. The Morgan fingerprint density at radius 2 is 2.00 bits per heavy atom. The van der Waals surface area contributed by atoms with Crippen molar-refractivity contribution in [1.82, 2.24) is 4.72 Å². The first kappa shape index (κ1) is 7.97. The second-order valence-electron chi connectivity index (χ2n) is 2.99. The van der Waals surface area contributed by atoms with Crippen molar-refractivity contribution in [2.75, 3.05) is 0 Å². The summed E-state index contributed by atoms with van der Waals surface area (Å²) in [6, 6.07) is 0. The van der Waals surface area contributed by atoms with Gasteiger partial charge in [0.2, 0.25) is 0 Å². The SMILES string of the molecule is CC1(NS(=O)(=O)O)CCC1. The molecule has 0 bridgehead atoms. The average Bonchev–Trinajstić information content (AvgIpc) is 1.57. The summed E-state index contributed by atoms with van der Waals surface area (Å²) in [5.41, 5.74) is -0.381. The Hall–Kier alpha value is -0.130. The highest BCUT2D eigenvalue weighted by Crippen LogP contribution is 2.31. The molecule has 4 nitrogen and oxygen atoms in total. The topological polar surface area (TPSA) is 66.4 Å². The van der Waals surface area contributed by atoms with Gasteiger partial charge in [0.1, 0.15) is 0 Å². The van der Waals surface area contributed by atoms with Crippen molar-refractivity contribution < 1.29 is 13.0 Å². The second kappa shape index (κ2) is 2.18. The van der Waals surface area contributed by atoms with Gasteiger partial charge in [-0.3, -0.25) is 4.55 Å². The van der Waals surface area contributed by atoms with E-state index in [4.69, 9.17) is 4.55 Å². The Labute approximate surface area is 60.5 Å². The molecule has 1 aliphatic carbocycles. The number of hydrogen-bond donors (Lipinski definition) is 2. The molecule has 2 N–H and O–H groups in total. The van der Waals surface area contributed by atoms with Crippen molar-refractivity contribution >= 4 is 10.3 Å². The molecule has 1 aliphatic rings. The highest BCUT2D eigenvalue weighted by Gasteiger charge is 2.34. The predicted octanol–water partition coefficient (Wildman–Crippen LogP) is 0.321. The van der Waals surface area contributed by atoms with E-state index < -0.39 is 10.3 Å². The van der Waals surface area contributed by atoms with E-state index in [1.807, 2.05) is 0 Å². The Morgan fingerprint density at radius 1 is 1.50 bits per heavy atom. The molecule has 0 amide bonds. The van der Waals surface area contributed by atoms with Gasteiger partial charge in [-0.1, -0.05) is 0 Å². The molecule has 0 aliphatic heterocycles. The van der Waals surface area contributed by atoms with E-state index in [1.54, 1.807) is 6.92 Å². The molecule has 60 valence electrons. The van der Waals surface area contributed by atoms with Crippen LogP contribution < -0.4 is 4.72 Å². The van der Waals surface area contributed by atoms with Crippen LogP contribution in [0.15, 0.2) is 0 Å². The molecule has 1 rings (SSSR count). The van der Waals surface area contributed by atoms with Crippen LogP contribution in [-0.2, 0) is 10.3 Å². The van der Waals surface area contributed by atoms with E-state index in [0.717, 1.165) is 19.3 Å². The van der Waals surface area contributed by atoms with Crippen LogP contribution in [0.4, 0.5) is 0 Å². The van der Waals surface area contributed by atoms with Gasteiger partial charge in [-0.2, -0.15) is 13.1 Å². The third kappa shape index (κ3) is 1.93. The standard InChI is InChI=1S/C5H11NO3S/c1-5(3-2-4-5)6-10(7,8)9/h6H,2-4H2,1H3,(H,7,8,9). The van der Waals surface area contributed by atoms with E-state index in [9.17, 15) is 8.42 Å². The van der Waals surface area contributed by atoms with Crippen LogP contribution in [0.3, 0.4) is 0 Å². The zero-order chi connectivity index (χ0) is 7.83. The van der Waals surface area contributed by atoms with Gasteiger partial charge >= 0.3 is 10.3 Å². The molecule has 0 heterocycles. The molecule has 1 fully saturated rings. The van der Waals surface area contributed by atoms with E-state index in [2.05, 4.69) is 4.72 Å². The largest absolute Gasteiger partial charge is 0.333 e. The van der Waals surface area contributed by atoms with E-state index in [0.29, 0.717) is 0 Å². The molecule has 0 atom stereocenters. The summed E-state index contributed by atoms with van der Waals surface area (Å²) < 4.78 is 31.1. The predicted molar refractivity (Wildman–Crippen MR) is 36.9 cm³/mol. The molecule has 5 heteroatoms. The highest BCUT2D eigenvalue weighted by atomic mass is 32.2. The van der Waals surface area contributed by atoms with Crippen LogP contribution in [-0.4, -0.2) is 18.5 Å². The van der Waals surface area contributed by atoms with Crippen LogP contribution in [0.1, 0.15) is 26.2 Å². The third-order valence-electron chi connectivity index (χ3n) is 1.83. The summed E-state index contributed by atoms with van der Waals surface area (Å²) in [6.45, 7) is 1.78. The van der Waals surface area contributed by atoms with Gasteiger partial charge in [0.25, 0.3) is 0 Å². The minimum absolute atomic E-state index is 0.381. The Balaban J connectivity index is 2.53. The molecule has 0 aromatic rings. The van der Waals surface area contributed by atoms with Crippen molar-refractivity contribution in [3.8, 4) is 0 Å². The minimum Gasteiger partial charge on any atom is -0.273 e. The fourth-order valence-electron chi connectivity index (χ4n) is 1.12. The Morgan fingerprint density at radius 3 is 2.10 bits per heavy atom. The van der Waals surface area contributed by atoms with Crippen molar-refractivity contribution in [2.45, 2.75) is 31.7 Å². The summed E-state index contributed by atoms with van der Waals surface area (Å²) in [6.07, 6.45) is 2.65. The summed E-state index contributed by atoms with van der Waals surface area (Å²) in [5, 5.41) is 0. The van der Waals surface area contributed by atoms with Crippen LogP contribution in [0, 0.1) is 0 Å². The molecule has 0 saturated heterocycles. The monoisotopic (exact) mass is 165 g/mol. The normalized spacial score (nSPS) is 23.8. The van der Waals surface area contributed by atoms with Crippen LogP contribution >= 0.6 is 0 Å². The zero-order valence-electron chi connectivity index (χ0n) is 5.79. The van der Waals surface area contributed by atoms with Gasteiger partial charge in [-0.25, -0.2) is 0 Å². The number of rotatable bonds is 2. The first-order valence-corrected chi connectivity index (χ1v) is 4.62. The van der Waals surface area contributed by atoms with E-state index in [1.165, 1.54) is 0 Å². The fourth-order valence-corrected chi connectivity index (χ4v) is 1.95. The molecule has 10 heavy (non-hydrogen) atoms. The zero-order valence-corrected chi connectivity index (χ0v) is 6.61. The molecule has 0 spiro atoms. The fraction of sp³-hybridized carbons (Fsp3) is 1.00. The van der Waals surface area contributed by atoms with Crippen LogP contribution in [0.5, 0.6) is 0 Å². The first-order valence-electron chi connectivity index (χ1n) is 3.18. The molecule has 0 aromatic carbocycles. The first-order chi connectivity index (χ1) is 4.41. The lowest BCUT2D eigenvalue weighted by Crippen LogP contribution is -2.50. The maximum Gasteiger partial charge on any atom is 0.333 e. The smallest absolute Gasteiger partial charge is 0.273 e. The highest BCUT2D eigenvalue weighted by molar-refractivity contribution is 7.83. The lowest BCUT2D eigenvalue weighted by Gasteiger charge is -2.37. The number of hydrogen-bond acceptors (Lipinski definition) is 2. The van der Waals surface area contributed by atoms with Crippen molar-refractivity contribution in [3.63, 3.8) is 0 Å². The van der Waals surface area contributed by atoms with Crippen molar-refractivity contribution in [2.24, 2.45) is 0 Å². The quantitative estimate of drug-likeness (QED) is 0.579. The summed E-state index contributed by atoms with van der Waals surface area (Å²) in [7, 11) is -3.99. The molecule has 1 saturated carbocycles. The van der Waals surface area contributed by atoms with Crippen molar-refractivity contribution in [1.29, 1.82) is 0 Å². The maximum atomic E-state index is 10.3. The molecule has 0 unspecified atom stereocenters. The maximum absolute atomic E-state index is 10.3. The average molecular weight is 165 g/mol. The van der Waals surface area contributed by atoms with Crippen molar-refractivity contribution in [3.05, 3.63) is 0 Å². The minimum atomic E-state index is -3.99. The van der Waals surface area contributed by atoms with Gasteiger partial charge in [0.15, 0.2) is 0 Å². The van der Waals surface area contributed by atoms with Gasteiger partial charge in [0.05, 0.1) is 0 Å². The van der Waals surface area contributed by atoms with E-state index in [-0.39, 0.29) is 5.54 Å². The van der Waals surface area contributed by atoms with Gasteiger partial charge in [0, 0.05) is 5.54 Å². The summed E-state index contributed by atoms with van der Waals surface area (Å²) in [4.78, 5) is 0. The van der Waals surface area contributed by atoms with Gasteiger partial charge in [-0.05, 0) is 26.2 Å². The second-order valence-corrected chi connectivity index (χ2v) is 4.15. The molecule has 0 aromatic heterocycles. The van der Waals surface area contributed by atoms with Gasteiger partial charge in [-0.15, -0.1) is 0 Å². The number of nitrogens with one attached hydrogen (secondary N) is 1. The van der Waals surface area contributed by atoms with Crippen LogP contribution in [0.2, 0.25) is 0 Å².